The van der Waals surface area contributed by atoms with Crippen LogP contribution in [0.4, 0.5) is 10.1 Å². The van der Waals surface area contributed by atoms with Crippen LogP contribution < -0.4 is 9.62 Å². The number of benzene rings is 1. The first-order valence-electron chi connectivity index (χ1n) is 8.05. The lowest BCUT2D eigenvalue weighted by Gasteiger charge is -2.33. The molecule has 0 aliphatic carbocycles. The van der Waals surface area contributed by atoms with E-state index in [0.717, 1.165) is 43.8 Å². The summed E-state index contributed by atoms with van der Waals surface area (Å²) in [7, 11) is -3.69. The van der Waals surface area contributed by atoms with Gasteiger partial charge in [0, 0.05) is 37.7 Å². The largest absolute Gasteiger partial charge is 0.371 e. The second-order valence-corrected chi connectivity index (χ2v) is 8.24. The number of sulfonamides is 1. The Morgan fingerprint density at radius 2 is 1.88 bits per heavy atom. The smallest absolute Gasteiger partial charge is 0.240 e. The molecule has 0 spiro atoms. The fourth-order valence-corrected chi connectivity index (χ4v) is 4.29. The molecule has 2 heterocycles. The molecule has 0 bridgehead atoms. The number of nitrogens with zero attached hydrogens (tertiary/aromatic N) is 2. The van der Waals surface area contributed by atoms with Crippen molar-refractivity contribution in [2.45, 2.75) is 17.7 Å². The van der Waals surface area contributed by atoms with Gasteiger partial charge < -0.3 is 4.90 Å². The summed E-state index contributed by atoms with van der Waals surface area (Å²) < 4.78 is 40.4. The fourth-order valence-electron chi connectivity index (χ4n) is 2.91. The van der Waals surface area contributed by atoms with Crippen LogP contribution in [0.1, 0.15) is 12.8 Å². The van der Waals surface area contributed by atoms with Crippen LogP contribution in [0.5, 0.6) is 0 Å². The Kier molecular flexibility index (Phi) is 5.56. The van der Waals surface area contributed by atoms with Gasteiger partial charge in [-0.05, 0) is 49.1 Å². The van der Waals surface area contributed by atoms with Crippen molar-refractivity contribution in [3.8, 4) is 0 Å². The van der Waals surface area contributed by atoms with Crippen molar-refractivity contribution in [1.29, 1.82) is 0 Å². The first-order valence-corrected chi connectivity index (χ1v) is 9.91. The highest BCUT2D eigenvalue weighted by molar-refractivity contribution is 7.89. The second kappa shape index (κ2) is 7.68. The van der Waals surface area contributed by atoms with Crippen LogP contribution in [-0.2, 0) is 10.0 Å². The fraction of sp³-hybridized carbons (Fsp3) is 0.353. The Labute approximate surface area is 151 Å². The predicted molar refractivity (Wildman–Crippen MR) is 95.8 cm³/mol. The zero-order chi connectivity index (χ0) is 17.9. The minimum atomic E-state index is -3.69. The highest BCUT2D eigenvalue weighted by atomic mass is 35.5. The summed E-state index contributed by atoms with van der Waals surface area (Å²) >= 11 is 5.67. The standard InChI is InChI=1S/C17H19ClFN3O2S/c18-16-11-15(1-2-17(16)19)25(23,24)21-12-13-5-9-22(10-6-13)14-3-7-20-8-4-14/h1-4,7-8,11,13,21H,5-6,9-10,12H2. The summed E-state index contributed by atoms with van der Waals surface area (Å²) in [6, 6.07) is 7.35. The normalized spacial score (nSPS) is 16.2. The molecular weight excluding hydrogens is 365 g/mol. The third kappa shape index (κ3) is 4.48. The molecule has 8 heteroatoms. The Morgan fingerprint density at radius 1 is 1.20 bits per heavy atom. The van der Waals surface area contributed by atoms with E-state index in [0.29, 0.717) is 6.54 Å². The van der Waals surface area contributed by atoms with Crippen molar-refractivity contribution in [1.82, 2.24) is 9.71 Å². The minimum Gasteiger partial charge on any atom is -0.371 e. The Bertz CT molecular complexity index is 825. The van der Waals surface area contributed by atoms with Crippen molar-refractivity contribution in [2.24, 2.45) is 5.92 Å². The summed E-state index contributed by atoms with van der Waals surface area (Å²) in [5, 5.41) is -0.200. The van der Waals surface area contributed by atoms with Gasteiger partial charge >= 0.3 is 0 Å². The van der Waals surface area contributed by atoms with Crippen molar-refractivity contribution in [3.63, 3.8) is 0 Å². The van der Waals surface area contributed by atoms with Crippen LogP contribution in [0.3, 0.4) is 0 Å². The number of pyridine rings is 1. The second-order valence-electron chi connectivity index (χ2n) is 6.06. The van der Waals surface area contributed by atoms with Gasteiger partial charge in [0.05, 0.1) is 9.92 Å². The number of rotatable bonds is 5. The number of halogens is 2. The van der Waals surface area contributed by atoms with Gasteiger partial charge in [-0.15, -0.1) is 0 Å². The molecule has 1 saturated heterocycles. The lowest BCUT2D eigenvalue weighted by atomic mass is 9.97. The van der Waals surface area contributed by atoms with Crippen molar-refractivity contribution < 1.29 is 12.8 Å². The van der Waals surface area contributed by atoms with E-state index in [2.05, 4.69) is 14.6 Å². The van der Waals surface area contributed by atoms with Gasteiger partial charge in [-0.2, -0.15) is 0 Å². The van der Waals surface area contributed by atoms with E-state index in [4.69, 9.17) is 11.6 Å². The Hall–Kier alpha value is -1.70. The number of nitrogens with one attached hydrogen (secondary N) is 1. The van der Waals surface area contributed by atoms with Crippen LogP contribution in [0.25, 0.3) is 0 Å². The predicted octanol–water partition coefficient (Wildman–Crippen LogP) is 3.07. The maximum Gasteiger partial charge on any atom is 0.240 e. The Balaban J connectivity index is 1.55. The molecule has 0 saturated carbocycles. The van der Waals surface area contributed by atoms with Crippen molar-refractivity contribution >= 4 is 27.3 Å². The molecule has 0 radical (unpaired) electrons. The molecule has 1 aromatic heterocycles. The summed E-state index contributed by atoms with van der Waals surface area (Å²) in [6.45, 7) is 2.11. The van der Waals surface area contributed by atoms with Gasteiger partial charge in [0.15, 0.2) is 0 Å². The average Bonchev–Trinajstić information content (AvgIpc) is 2.63. The van der Waals surface area contributed by atoms with Crippen LogP contribution in [-0.4, -0.2) is 33.0 Å². The summed E-state index contributed by atoms with van der Waals surface area (Å²) in [4.78, 5) is 6.27. The molecule has 3 rings (SSSR count). The maximum absolute atomic E-state index is 13.2. The lowest BCUT2D eigenvalue weighted by molar-refractivity contribution is 0.402. The SMILES string of the molecule is O=S(=O)(NCC1CCN(c2ccncc2)CC1)c1ccc(F)c(Cl)c1. The third-order valence-electron chi connectivity index (χ3n) is 4.41. The summed E-state index contributed by atoms with van der Waals surface area (Å²) in [6.07, 6.45) is 5.33. The van der Waals surface area contributed by atoms with E-state index >= 15 is 0 Å². The van der Waals surface area contributed by atoms with Gasteiger partial charge in [-0.3, -0.25) is 4.98 Å². The van der Waals surface area contributed by atoms with Crippen LogP contribution in [0.2, 0.25) is 5.02 Å². The minimum absolute atomic E-state index is 0.0203. The zero-order valence-corrected chi connectivity index (χ0v) is 15.1. The molecule has 134 valence electrons. The van der Waals surface area contributed by atoms with Gasteiger partial charge in [0.2, 0.25) is 10.0 Å². The van der Waals surface area contributed by atoms with Gasteiger partial charge in [-0.25, -0.2) is 17.5 Å². The third-order valence-corrected chi connectivity index (χ3v) is 6.12. The van der Waals surface area contributed by atoms with E-state index in [1.807, 2.05) is 12.1 Å². The highest BCUT2D eigenvalue weighted by Gasteiger charge is 2.22. The first kappa shape index (κ1) is 18.1. The van der Waals surface area contributed by atoms with Gasteiger partial charge in [0.1, 0.15) is 5.82 Å². The van der Waals surface area contributed by atoms with Gasteiger partial charge in [-0.1, -0.05) is 11.6 Å². The number of aromatic nitrogens is 1. The van der Waals surface area contributed by atoms with Crippen LogP contribution in [0, 0.1) is 11.7 Å². The molecule has 1 aliphatic heterocycles. The number of hydrogen-bond donors (Lipinski definition) is 1. The highest BCUT2D eigenvalue weighted by Crippen LogP contribution is 2.23. The average molecular weight is 384 g/mol. The van der Waals surface area contributed by atoms with Gasteiger partial charge in [0.25, 0.3) is 0 Å². The number of hydrogen-bond acceptors (Lipinski definition) is 4. The lowest BCUT2D eigenvalue weighted by Crippen LogP contribution is -2.38. The van der Waals surface area contributed by atoms with Crippen molar-refractivity contribution in [2.75, 3.05) is 24.5 Å². The maximum atomic E-state index is 13.2. The van der Waals surface area contributed by atoms with E-state index in [1.165, 1.54) is 6.07 Å². The molecule has 0 atom stereocenters. The molecule has 0 amide bonds. The monoisotopic (exact) mass is 383 g/mol. The molecule has 1 N–H and O–H groups in total. The Morgan fingerprint density at radius 3 is 2.52 bits per heavy atom. The number of piperidine rings is 1. The summed E-state index contributed by atoms with van der Waals surface area (Å²) in [5.41, 5.74) is 1.13. The molecule has 1 aliphatic rings. The van der Waals surface area contributed by atoms with Crippen molar-refractivity contribution in [3.05, 3.63) is 53.6 Å². The van der Waals surface area contributed by atoms with E-state index in [9.17, 15) is 12.8 Å². The van der Waals surface area contributed by atoms with E-state index in [1.54, 1.807) is 12.4 Å². The van der Waals surface area contributed by atoms with E-state index in [-0.39, 0.29) is 15.8 Å². The van der Waals surface area contributed by atoms with Crippen LogP contribution >= 0.6 is 11.6 Å². The molecular formula is C17H19ClFN3O2S. The summed E-state index contributed by atoms with van der Waals surface area (Å²) in [5.74, 6) is -0.368. The van der Waals surface area contributed by atoms with Crippen LogP contribution in [0.15, 0.2) is 47.6 Å². The topological polar surface area (TPSA) is 62.3 Å². The molecule has 1 aromatic carbocycles. The first-order chi connectivity index (χ1) is 12.0. The molecule has 1 fully saturated rings. The zero-order valence-electron chi connectivity index (χ0n) is 13.5. The molecule has 5 nitrogen and oxygen atoms in total. The molecule has 2 aromatic rings. The molecule has 0 unspecified atom stereocenters. The quantitative estimate of drug-likeness (QED) is 0.861. The van der Waals surface area contributed by atoms with E-state index < -0.39 is 15.8 Å². The molecule has 25 heavy (non-hydrogen) atoms. The number of anilines is 1.